The molecule has 230 valence electrons. The van der Waals surface area contributed by atoms with Crippen molar-refractivity contribution in [1.82, 2.24) is 10.3 Å². The molecule has 2 aliphatic rings. The average Bonchev–Trinajstić information content (AvgIpc) is 3.26. The minimum atomic E-state index is -4.36. The van der Waals surface area contributed by atoms with Gasteiger partial charge in [0.05, 0.1) is 23.3 Å². The zero-order valence-electron chi connectivity index (χ0n) is 23.1. The van der Waals surface area contributed by atoms with Crippen molar-refractivity contribution in [3.8, 4) is 6.07 Å². The highest BCUT2D eigenvalue weighted by Gasteiger charge is 2.63. The summed E-state index contributed by atoms with van der Waals surface area (Å²) in [5.41, 5.74) is -2.15. The number of alkyl halides is 2. The summed E-state index contributed by atoms with van der Waals surface area (Å²) in [5, 5.41) is 14.9. The smallest absolute Gasteiger partial charge is 0.252 e. The second-order valence-corrected chi connectivity index (χ2v) is 13.2. The molecule has 2 amide bonds. The number of pyridine rings is 1. The first kappa shape index (κ1) is 31.3. The van der Waals surface area contributed by atoms with Crippen molar-refractivity contribution < 1.29 is 31.2 Å². The molecule has 0 bridgehead atoms. The van der Waals surface area contributed by atoms with Crippen LogP contribution < -0.4 is 14.9 Å². The molecular formula is C30H27ClF3N5O4S. The number of hydrogen-bond acceptors (Lipinski definition) is 6. The van der Waals surface area contributed by atoms with E-state index in [9.17, 15) is 36.4 Å². The third kappa shape index (κ3) is 6.09. The Morgan fingerprint density at radius 3 is 2.48 bits per heavy atom. The molecule has 2 N–H and O–H groups in total. The van der Waals surface area contributed by atoms with Gasteiger partial charge in [-0.2, -0.15) is 5.26 Å². The van der Waals surface area contributed by atoms with E-state index in [2.05, 4.69) is 15.6 Å². The summed E-state index contributed by atoms with van der Waals surface area (Å²) >= 11 is 6.59. The first-order valence-electron chi connectivity index (χ1n) is 13.8. The van der Waals surface area contributed by atoms with E-state index in [1.807, 2.05) is 6.07 Å². The van der Waals surface area contributed by atoms with E-state index in [0.717, 1.165) is 16.4 Å². The molecule has 2 aromatic carbocycles. The van der Waals surface area contributed by atoms with Gasteiger partial charge in [-0.15, -0.1) is 0 Å². The highest BCUT2D eigenvalue weighted by molar-refractivity contribution is 7.93. The van der Waals surface area contributed by atoms with Crippen LogP contribution >= 0.6 is 11.6 Å². The maximum atomic E-state index is 14.5. The fraction of sp³-hybridized carbons (Fsp3) is 0.333. The summed E-state index contributed by atoms with van der Waals surface area (Å²) in [6, 6.07) is 14.8. The number of rotatable bonds is 7. The molecule has 1 aliphatic carbocycles. The summed E-state index contributed by atoms with van der Waals surface area (Å²) in [4.78, 5) is 33.0. The van der Waals surface area contributed by atoms with Gasteiger partial charge in [0.15, 0.2) is 5.54 Å². The Bertz CT molecular complexity index is 1740. The molecule has 2 atom stereocenters. The van der Waals surface area contributed by atoms with Crippen LogP contribution in [0.3, 0.4) is 0 Å². The number of nitrogens with one attached hydrogen (secondary N) is 2. The third-order valence-electron chi connectivity index (χ3n) is 7.96. The second kappa shape index (κ2) is 12.1. The van der Waals surface area contributed by atoms with Gasteiger partial charge in [0.1, 0.15) is 11.6 Å². The van der Waals surface area contributed by atoms with Crippen LogP contribution in [-0.4, -0.2) is 48.5 Å². The summed E-state index contributed by atoms with van der Waals surface area (Å²) in [6.07, 6.45) is -0.212. The van der Waals surface area contributed by atoms with Crippen LogP contribution in [0.5, 0.6) is 0 Å². The van der Waals surface area contributed by atoms with E-state index in [-0.39, 0.29) is 40.5 Å². The third-order valence-corrected chi connectivity index (χ3v) is 10.1. The van der Waals surface area contributed by atoms with E-state index < -0.39 is 76.1 Å². The minimum Gasteiger partial charge on any atom is -0.353 e. The number of aromatic nitrogens is 1. The van der Waals surface area contributed by atoms with Crippen molar-refractivity contribution >= 4 is 44.9 Å². The van der Waals surface area contributed by atoms with E-state index in [4.69, 9.17) is 11.6 Å². The highest BCUT2D eigenvalue weighted by Crippen LogP contribution is 2.48. The van der Waals surface area contributed by atoms with Crippen molar-refractivity contribution in [2.45, 2.75) is 55.5 Å². The van der Waals surface area contributed by atoms with E-state index in [0.29, 0.717) is 0 Å². The molecule has 3 aromatic rings. The number of nitriles is 1. The van der Waals surface area contributed by atoms with Gasteiger partial charge in [0.2, 0.25) is 21.9 Å². The summed E-state index contributed by atoms with van der Waals surface area (Å²) < 4.78 is 70.3. The number of hydrogen-bond donors (Lipinski definition) is 2. The molecule has 5 rings (SSSR count). The number of sulfonamides is 1. The monoisotopic (exact) mass is 645 g/mol. The Kier molecular flexibility index (Phi) is 8.59. The average molecular weight is 646 g/mol. The lowest BCUT2D eigenvalue weighted by Crippen LogP contribution is -2.62. The van der Waals surface area contributed by atoms with Gasteiger partial charge in [-0.1, -0.05) is 35.9 Å². The second-order valence-electron chi connectivity index (χ2n) is 10.8. The van der Waals surface area contributed by atoms with Crippen LogP contribution in [0.2, 0.25) is 5.02 Å². The SMILES string of the molecule is N#Cc1ccnc(N2C(C(=O)Nc3cccc(F)c3)([C@@H](C(=O)NC3CCC(F)(F)CC3)c3ccccc3Cl)CCS2(=O)=O)c1. The van der Waals surface area contributed by atoms with Gasteiger partial charge < -0.3 is 10.6 Å². The zero-order valence-corrected chi connectivity index (χ0v) is 24.7. The van der Waals surface area contributed by atoms with Crippen molar-refractivity contribution in [3.63, 3.8) is 0 Å². The first-order valence-corrected chi connectivity index (χ1v) is 15.7. The number of amides is 2. The summed E-state index contributed by atoms with van der Waals surface area (Å²) in [5.74, 6) is -7.86. The topological polar surface area (TPSA) is 132 Å². The van der Waals surface area contributed by atoms with Gasteiger partial charge in [0, 0.05) is 35.8 Å². The van der Waals surface area contributed by atoms with Gasteiger partial charge >= 0.3 is 0 Å². The van der Waals surface area contributed by atoms with Gasteiger partial charge in [0.25, 0.3) is 5.91 Å². The zero-order chi connectivity index (χ0) is 31.7. The molecule has 1 saturated carbocycles. The lowest BCUT2D eigenvalue weighted by atomic mass is 9.75. The molecule has 1 aromatic heterocycles. The number of benzene rings is 2. The first-order chi connectivity index (χ1) is 20.9. The maximum absolute atomic E-state index is 14.5. The summed E-state index contributed by atoms with van der Waals surface area (Å²) in [6.45, 7) is 0. The summed E-state index contributed by atoms with van der Waals surface area (Å²) in [7, 11) is -4.36. The van der Waals surface area contributed by atoms with E-state index in [1.165, 1.54) is 42.6 Å². The van der Waals surface area contributed by atoms with Gasteiger partial charge in [-0.25, -0.2) is 30.9 Å². The number of carbonyl (C=O) groups excluding carboxylic acids is 2. The highest BCUT2D eigenvalue weighted by atomic mass is 35.5. The molecule has 1 saturated heterocycles. The molecule has 44 heavy (non-hydrogen) atoms. The molecule has 2 fully saturated rings. The fourth-order valence-electron chi connectivity index (χ4n) is 5.87. The van der Waals surface area contributed by atoms with Crippen molar-refractivity contribution in [3.05, 3.63) is 88.8 Å². The number of halogens is 4. The Labute approximate surface area is 257 Å². The number of carbonyl (C=O) groups is 2. The molecule has 0 spiro atoms. The molecule has 1 unspecified atom stereocenters. The van der Waals surface area contributed by atoms with E-state index >= 15 is 0 Å². The number of anilines is 2. The van der Waals surface area contributed by atoms with Crippen molar-refractivity contribution in [2.75, 3.05) is 15.4 Å². The molecule has 0 radical (unpaired) electrons. The molecule has 1 aliphatic heterocycles. The lowest BCUT2D eigenvalue weighted by Gasteiger charge is -2.42. The maximum Gasteiger partial charge on any atom is 0.252 e. The van der Waals surface area contributed by atoms with Crippen LogP contribution in [-0.2, 0) is 19.6 Å². The molecule has 14 heteroatoms. The van der Waals surface area contributed by atoms with Crippen molar-refractivity contribution in [1.29, 1.82) is 5.26 Å². The van der Waals surface area contributed by atoms with E-state index in [1.54, 1.807) is 12.1 Å². The Balaban J connectivity index is 1.71. The standard InChI is InChI=1S/C30H27ClF3N5O4S/c31-24-7-2-1-6-23(24)26(27(40)37-21-8-11-29(33,34)12-9-21)30(28(41)38-22-5-3-4-20(32)17-22)13-15-44(42,43)39(30)25-16-19(18-35)10-14-36-25/h1-7,10,14,16-17,21,26H,8-9,11-13,15H2,(H,37,40)(H,38,41)/t26-,30?/m1/s1. The van der Waals surface area contributed by atoms with Crippen LogP contribution in [0.15, 0.2) is 66.9 Å². The minimum absolute atomic E-state index is 0.00909. The Morgan fingerprint density at radius 1 is 1.07 bits per heavy atom. The lowest BCUT2D eigenvalue weighted by molar-refractivity contribution is -0.131. The normalized spacial score (nSPS) is 21.7. The molecule has 2 heterocycles. The van der Waals surface area contributed by atoms with Crippen LogP contribution in [0.25, 0.3) is 0 Å². The van der Waals surface area contributed by atoms with Gasteiger partial charge in [-0.3, -0.25) is 9.59 Å². The Hall–Kier alpha value is -4.15. The Morgan fingerprint density at radius 2 is 1.80 bits per heavy atom. The number of nitrogens with zero attached hydrogens (tertiary/aromatic N) is 3. The van der Waals surface area contributed by atoms with Crippen LogP contribution in [0.1, 0.15) is 49.1 Å². The fourth-order valence-corrected chi connectivity index (χ4v) is 8.03. The quantitative estimate of drug-likeness (QED) is 0.366. The molecule has 9 nitrogen and oxygen atoms in total. The van der Waals surface area contributed by atoms with Crippen LogP contribution in [0, 0.1) is 17.1 Å². The predicted molar refractivity (Wildman–Crippen MR) is 157 cm³/mol. The van der Waals surface area contributed by atoms with Gasteiger partial charge in [-0.05, 0) is 61.2 Å². The van der Waals surface area contributed by atoms with Crippen LogP contribution in [0.4, 0.5) is 24.7 Å². The molecular weight excluding hydrogens is 619 g/mol. The largest absolute Gasteiger partial charge is 0.353 e. The predicted octanol–water partition coefficient (Wildman–Crippen LogP) is 5.14. The van der Waals surface area contributed by atoms with Crippen molar-refractivity contribution in [2.24, 2.45) is 0 Å².